The lowest BCUT2D eigenvalue weighted by molar-refractivity contribution is -0.414. The lowest BCUT2D eigenvalue weighted by atomic mass is 9.82. The van der Waals surface area contributed by atoms with E-state index in [9.17, 15) is 15.0 Å². The van der Waals surface area contributed by atoms with E-state index < -0.39 is 47.1 Å². The third-order valence-corrected chi connectivity index (χ3v) is 5.14. The fourth-order valence-electron chi connectivity index (χ4n) is 3.62. The van der Waals surface area contributed by atoms with Crippen LogP contribution in [0.15, 0.2) is 0 Å². The van der Waals surface area contributed by atoms with Gasteiger partial charge in [0.25, 0.3) is 5.79 Å². The van der Waals surface area contributed by atoms with Gasteiger partial charge < -0.3 is 35.1 Å². The summed E-state index contributed by atoms with van der Waals surface area (Å²) in [6.07, 6.45) is -2.72. The van der Waals surface area contributed by atoms with Crippen molar-refractivity contribution in [1.29, 1.82) is 0 Å². The smallest absolute Gasteiger partial charge is 0.280 e. The molecular formula is C14H24N2O6S. The first kappa shape index (κ1) is 17.6. The summed E-state index contributed by atoms with van der Waals surface area (Å²) >= 11 is 4.28. The second kappa shape index (κ2) is 5.92. The van der Waals surface area contributed by atoms with Crippen molar-refractivity contribution in [3.63, 3.8) is 0 Å². The van der Waals surface area contributed by atoms with Gasteiger partial charge in [0.15, 0.2) is 0 Å². The summed E-state index contributed by atoms with van der Waals surface area (Å²) < 4.78 is 17.2. The quantitative estimate of drug-likeness (QED) is 0.378. The molecule has 0 amide bonds. The molecule has 9 heteroatoms. The first-order valence-electron chi connectivity index (χ1n) is 7.73. The van der Waals surface area contributed by atoms with Gasteiger partial charge in [0.1, 0.15) is 11.0 Å². The molecule has 3 aliphatic rings. The van der Waals surface area contributed by atoms with Crippen LogP contribution in [0, 0.1) is 0 Å². The first-order valence-corrected chi connectivity index (χ1v) is 8.18. The third kappa shape index (κ3) is 2.83. The van der Waals surface area contributed by atoms with Crippen LogP contribution in [0.5, 0.6) is 0 Å². The van der Waals surface area contributed by atoms with E-state index >= 15 is 0 Å². The number of Topliss-reactive ketones (excluding diaryl/α,β-unsaturated/α-hetero) is 1. The molecular weight excluding hydrogens is 324 g/mol. The Kier molecular flexibility index (Phi) is 4.52. The number of ketones is 1. The fraction of sp³-hybridized carbons (Fsp3) is 0.929. The Labute approximate surface area is 140 Å². The average molecular weight is 348 g/mol. The van der Waals surface area contributed by atoms with Crippen LogP contribution in [0.3, 0.4) is 0 Å². The van der Waals surface area contributed by atoms with Gasteiger partial charge in [0.05, 0.1) is 24.7 Å². The van der Waals surface area contributed by atoms with Gasteiger partial charge >= 0.3 is 0 Å². The largest absolute Gasteiger partial charge is 0.390 e. The van der Waals surface area contributed by atoms with E-state index in [0.29, 0.717) is 6.42 Å². The van der Waals surface area contributed by atoms with E-state index in [1.165, 1.54) is 0 Å². The summed E-state index contributed by atoms with van der Waals surface area (Å²) in [5, 5.41) is 27.1. The monoisotopic (exact) mass is 348 g/mol. The van der Waals surface area contributed by atoms with Crippen LogP contribution < -0.4 is 10.6 Å². The number of fused-ring (bicyclic) bond motifs is 2. The molecule has 0 aromatic carbocycles. The summed E-state index contributed by atoms with van der Waals surface area (Å²) in [6.45, 7) is 1.64. The molecule has 0 aromatic heterocycles. The molecule has 8 atom stereocenters. The Morgan fingerprint density at radius 1 is 1.30 bits per heavy atom. The number of thiol groups is 1. The van der Waals surface area contributed by atoms with E-state index in [4.69, 9.17) is 14.2 Å². The number of carbonyl (C=O) groups is 1. The van der Waals surface area contributed by atoms with Crippen molar-refractivity contribution in [3.8, 4) is 0 Å². The van der Waals surface area contributed by atoms with Gasteiger partial charge in [0.2, 0.25) is 12.1 Å². The van der Waals surface area contributed by atoms with E-state index in [2.05, 4.69) is 23.3 Å². The number of hydrogen-bond acceptors (Lipinski definition) is 9. The summed E-state index contributed by atoms with van der Waals surface area (Å²) in [6, 6.07) is -0.696. The van der Waals surface area contributed by atoms with E-state index in [-0.39, 0.29) is 12.5 Å². The molecule has 2 saturated heterocycles. The normalized spacial score (nSPS) is 53.6. The van der Waals surface area contributed by atoms with Gasteiger partial charge in [0, 0.05) is 6.04 Å². The first-order chi connectivity index (χ1) is 10.7. The topological polar surface area (TPSA) is 109 Å². The molecule has 1 aliphatic carbocycles. The van der Waals surface area contributed by atoms with Crippen LogP contribution in [0.25, 0.3) is 0 Å². The number of likely N-dealkylation sites (N-methyl/N-ethyl adjacent to an activating group) is 2. The molecule has 8 nitrogen and oxygen atoms in total. The van der Waals surface area contributed by atoms with Crippen LogP contribution in [0.4, 0.5) is 0 Å². The van der Waals surface area contributed by atoms with Crippen molar-refractivity contribution in [2.75, 3.05) is 14.1 Å². The maximum absolute atomic E-state index is 12.4. The minimum absolute atomic E-state index is 0.101. The van der Waals surface area contributed by atoms with Gasteiger partial charge in [-0.25, -0.2) is 0 Å². The minimum Gasteiger partial charge on any atom is -0.390 e. The molecule has 2 aliphatic heterocycles. The Morgan fingerprint density at radius 3 is 2.61 bits per heavy atom. The summed E-state index contributed by atoms with van der Waals surface area (Å²) in [5.41, 5.74) is 0. The highest BCUT2D eigenvalue weighted by atomic mass is 32.1. The zero-order chi connectivity index (χ0) is 17.0. The highest BCUT2D eigenvalue weighted by Gasteiger charge is 2.63. The third-order valence-electron chi connectivity index (χ3n) is 4.87. The standard InChI is InChI=1S/C14H24N2O6S/c1-13(23)5-8(17)14(19)12(22-13)20-7-4-6(15-2)10(18)9(16-3)11(7)21-14/h6-7,9-12,15-16,18-19,23H,4-5H2,1-3H3/t6-,7?,9-,10-,11?,12?,13+,14-/m0/s1. The Hall–Kier alpha value is -0.260. The average Bonchev–Trinajstić information content (AvgIpc) is 2.46. The molecule has 0 radical (unpaired) electrons. The van der Waals surface area contributed by atoms with Crippen LogP contribution >= 0.6 is 12.6 Å². The molecule has 2 heterocycles. The molecule has 132 valence electrons. The van der Waals surface area contributed by atoms with Crippen LogP contribution in [0.2, 0.25) is 0 Å². The molecule has 3 rings (SSSR count). The molecule has 23 heavy (non-hydrogen) atoms. The zero-order valence-corrected chi connectivity index (χ0v) is 14.2. The van der Waals surface area contributed by atoms with Crippen LogP contribution in [0.1, 0.15) is 19.8 Å². The second-order valence-corrected chi connectivity index (χ2v) is 7.56. The molecule has 0 aromatic rings. The number of aliphatic hydroxyl groups excluding tert-OH is 1. The lowest BCUT2D eigenvalue weighted by Gasteiger charge is -2.55. The Bertz CT molecular complexity index is 492. The van der Waals surface area contributed by atoms with Crippen LogP contribution in [-0.2, 0) is 19.0 Å². The van der Waals surface area contributed by atoms with Crippen molar-refractivity contribution >= 4 is 18.4 Å². The fourth-order valence-corrected chi connectivity index (χ4v) is 3.86. The molecule has 0 spiro atoms. The van der Waals surface area contributed by atoms with E-state index in [1.807, 2.05) is 0 Å². The van der Waals surface area contributed by atoms with E-state index in [0.717, 1.165) is 0 Å². The SMILES string of the molecule is CN[C@H]1CC2OC3O[C@](C)(S)CC(=O)[C@]3(O)OC2[C@@H](NC)[C@H]1O. The van der Waals surface area contributed by atoms with Crippen molar-refractivity contribution in [2.45, 2.75) is 67.2 Å². The Morgan fingerprint density at radius 2 is 2.00 bits per heavy atom. The lowest BCUT2D eigenvalue weighted by Crippen LogP contribution is -2.74. The number of rotatable bonds is 2. The van der Waals surface area contributed by atoms with Gasteiger partial charge in [-0.1, -0.05) is 0 Å². The molecule has 3 unspecified atom stereocenters. The van der Waals surface area contributed by atoms with E-state index in [1.54, 1.807) is 21.0 Å². The van der Waals surface area contributed by atoms with Gasteiger partial charge in [-0.3, -0.25) is 4.79 Å². The molecule has 0 bridgehead atoms. The molecule has 4 N–H and O–H groups in total. The maximum Gasteiger partial charge on any atom is 0.280 e. The summed E-state index contributed by atoms with van der Waals surface area (Å²) in [5.74, 6) is -2.71. The van der Waals surface area contributed by atoms with Crippen molar-refractivity contribution in [1.82, 2.24) is 10.6 Å². The minimum atomic E-state index is -2.18. The number of nitrogens with one attached hydrogen (secondary N) is 2. The molecule has 1 saturated carbocycles. The van der Waals surface area contributed by atoms with Gasteiger partial charge in [-0.15, -0.1) is 12.6 Å². The number of hydrogen-bond donors (Lipinski definition) is 5. The maximum atomic E-state index is 12.4. The number of aliphatic hydroxyl groups is 2. The highest BCUT2D eigenvalue weighted by Crippen LogP contribution is 2.43. The van der Waals surface area contributed by atoms with Gasteiger partial charge in [-0.2, -0.15) is 0 Å². The molecule has 3 fully saturated rings. The van der Waals surface area contributed by atoms with Crippen molar-refractivity contribution < 1.29 is 29.2 Å². The summed E-state index contributed by atoms with van der Waals surface area (Å²) in [4.78, 5) is 11.3. The van der Waals surface area contributed by atoms with Crippen molar-refractivity contribution in [2.24, 2.45) is 0 Å². The predicted octanol–water partition coefficient (Wildman–Crippen LogP) is -1.64. The van der Waals surface area contributed by atoms with Crippen LogP contribution in [-0.4, -0.2) is 77.5 Å². The Balaban J connectivity index is 1.88. The number of ether oxygens (including phenoxy) is 3. The second-order valence-electron chi connectivity index (χ2n) is 6.61. The zero-order valence-electron chi connectivity index (χ0n) is 13.4. The van der Waals surface area contributed by atoms with Crippen molar-refractivity contribution in [3.05, 3.63) is 0 Å². The predicted molar refractivity (Wildman–Crippen MR) is 82.9 cm³/mol. The highest BCUT2D eigenvalue weighted by molar-refractivity contribution is 7.81. The summed E-state index contributed by atoms with van der Waals surface area (Å²) in [7, 11) is 3.44. The number of carbonyl (C=O) groups excluding carboxylic acids is 1. The van der Waals surface area contributed by atoms with Gasteiger partial charge in [-0.05, 0) is 27.4 Å².